The van der Waals surface area contributed by atoms with Gasteiger partial charge in [0.05, 0.1) is 0 Å². The minimum Gasteiger partial charge on any atom is -0.299 e. The molecule has 0 aromatic carbocycles. The van der Waals surface area contributed by atoms with Crippen LogP contribution in [0.1, 0.15) is 26.2 Å². The van der Waals surface area contributed by atoms with E-state index in [2.05, 4.69) is 18.1 Å². The van der Waals surface area contributed by atoms with Gasteiger partial charge in [-0.3, -0.25) is 4.90 Å². The lowest BCUT2D eigenvalue weighted by Crippen LogP contribution is -2.31. The van der Waals surface area contributed by atoms with Gasteiger partial charge in [0.1, 0.15) is 0 Å². The molecular weight excluding hydrogens is 218 g/mol. The minimum atomic E-state index is 0.722. The van der Waals surface area contributed by atoms with E-state index in [1.165, 1.54) is 37.9 Å². The summed E-state index contributed by atoms with van der Waals surface area (Å²) >= 11 is 5.00. The number of alkyl halides is 1. The Balaban J connectivity index is 0.000000673. The second-order valence-corrected chi connectivity index (χ2v) is 4.32. The highest BCUT2D eigenvalue weighted by Gasteiger charge is 2.09. The van der Waals surface area contributed by atoms with E-state index in [1.807, 2.05) is 25.2 Å². The van der Waals surface area contributed by atoms with Gasteiger partial charge in [-0.05, 0) is 31.5 Å². The van der Waals surface area contributed by atoms with E-state index in [0.29, 0.717) is 0 Å². The van der Waals surface area contributed by atoms with E-state index < -0.39 is 0 Å². The Morgan fingerprint density at radius 3 is 2.25 bits per heavy atom. The van der Waals surface area contributed by atoms with Crippen LogP contribution >= 0.6 is 11.6 Å². The summed E-state index contributed by atoms with van der Waals surface area (Å²) in [5.41, 5.74) is 1.27. The second-order valence-electron chi connectivity index (χ2n) is 3.79. The summed E-state index contributed by atoms with van der Waals surface area (Å²) in [6.07, 6.45) is 9.89. The molecule has 0 aliphatic carbocycles. The zero-order valence-corrected chi connectivity index (χ0v) is 11.2. The van der Waals surface area contributed by atoms with Crippen LogP contribution < -0.4 is 0 Å². The zero-order valence-electron chi connectivity index (χ0n) is 10.4. The minimum absolute atomic E-state index is 0.722. The molecule has 1 aliphatic rings. The van der Waals surface area contributed by atoms with E-state index in [9.17, 15) is 0 Å². The average Bonchev–Trinajstić information content (AvgIpc) is 2.31. The van der Waals surface area contributed by atoms with Crippen molar-refractivity contribution < 1.29 is 0 Å². The molecule has 0 atom stereocenters. The molecule has 0 N–H and O–H groups in total. The van der Waals surface area contributed by atoms with Crippen molar-refractivity contribution in [3.8, 4) is 0 Å². The van der Waals surface area contributed by atoms with Crippen LogP contribution in [0, 0.1) is 0 Å². The molecule has 0 spiro atoms. The Hall–Kier alpha value is -0.530. The van der Waals surface area contributed by atoms with Gasteiger partial charge in [0.25, 0.3) is 0 Å². The maximum atomic E-state index is 5.00. The largest absolute Gasteiger partial charge is 0.299 e. The molecule has 0 radical (unpaired) electrons. The van der Waals surface area contributed by atoms with Crippen molar-refractivity contribution in [1.82, 2.24) is 4.90 Å². The molecule has 1 heterocycles. The first-order valence-corrected chi connectivity index (χ1v) is 6.54. The fraction of sp³-hybridized carbons (Fsp3) is 0.571. The number of hydrogen-bond donors (Lipinski definition) is 0. The maximum Gasteiger partial charge on any atom is 0.0233 e. The standard InChI is InChI=1S/C12H19N.C2H5Cl/c1-3-8-12(4-2)11-13-9-6-5-7-10-13;1-2-3/h3-4,8H,1-2,5-7,9-11H2;2H2,1H3/b12-8+;. The lowest BCUT2D eigenvalue weighted by atomic mass is 10.1. The fourth-order valence-electron chi connectivity index (χ4n) is 1.71. The van der Waals surface area contributed by atoms with Gasteiger partial charge in [-0.2, -0.15) is 0 Å². The van der Waals surface area contributed by atoms with Gasteiger partial charge < -0.3 is 0 Å². The van der Waals surface area contributed by atoms with Crippen molar-refractivity contribution in [1.29, 1.82) is 0 Å². The third kappa shape index (κ3) is 7.72. The first-order chi connectivity index (χ1) is 7.78. The average molecular weight is 242 g/mol. The Labute approximate surface area is 105 Å². The topological polar surface area (TPSA) is 3.24 Å². The summed E-state index contributed by atoms with van der Waals surface area (Å²) in [5.74, 6) is 0.722. The van der Waals surface area contributed by atoms with Crippen LogP contribution in [0.3, 0.4) is 0 Å². The molecule has 0 aromatic rings. The van der Waals surface area contributed by atoms with Gasteiger partial charge in [-0.15, -0.1) is 11.6 Å². The number of rotatable bonds is 4. The van der Waals surface area contributed by atoms with Crippen molar-refractivity contribution in [3.63, 3.8) is 0 Å². The molecule has 0 unspecified atom stereocenters. The molecular formula is C14H24ClN. The first kappa shape index (κ1) is 15.5. The van der Waals surface area contributed by atoms with E-state index in [0.717, 1.165) is 12.4 Å². The van der Waals surface area contributed by atoms with Crippen LogP contribution in [0.4, 0.5) is 0 Å². The normalized spacial score (nSPS) is 17.2. The predicted molar refractivity (Wildman–Crippen MR) is 75.2 cm³/mol. The van der Waals surface area contributed by atoms with Crippen molar-refractivity contribution >= 4 is 11.6 Å². The number of nitrogens with zero attached hydrogens (tertiary/aromatic N) is 1. The van der Waals surface area contributed by atoms with Crippen molar-refractivity contribution in [2.75, 3.05) is 25.5 Å². The highest BCUT2D eigenvalue weighted by molar-refractivity contribution is 6.17. The van der Waals surface area contributed by atoms with Crippen molar-refractivity contribution in [3.05, 3.63) is 37.0 Å². The molecule has 92 valence electrons. The Bertz CT molecular complexity index is 215. The summed E-state index contributed by atoms with van der Waals surface area (Å²) in [6, 6.07) is 0. The van der Waals surface area contributed by atoms with Gasteiger partial charge in [0.15, 0.2) is 0 Å². The Morgan fingerprint density at radius 1 is 1.25 bits per heavy atom. The lowest BCUT2D eigenvalue weighted by Gasteiger charge is -2.26. The quantitative estimate of drug-likeness (QED) is 0.531. The highest BCUT2D eigenvalue weighted by Crippen LogP contribution is 2.10. The van der Waals surface area contributed by atoms with Crippen LogP contribution in [0.2, 0.25) is 0 Å². The van der Waals surface area contributed by atoms with Gasteiger partial charge in [0.2, 0.25) is 0 Å². The lowest BCUT2D eigenvalue weighted by molar-refractivity contribution is 0.248. The van der Waals surface area contributed by atoms with Gasteiger partial charge in [-0.25, -0.2) is 0 Å². The molecule has 0 amide bonds. The summed E-state index contributed by atoms with van der Waals surface area (Å²) in [6.45, 7) is 12.9. The number of piperidine rings is 1. The molecule has 1 aliphatic heterocycles. The number of halogens is 1. The number of allylic oxidation sites excluding steroid dienone is 2. The fourth-order valence-corrected chi connectivity index (χ4v) is 1.71. The van der Waals surface area contributed by atoms with Gasteiger partial charge >= 0.3 is 0 Å². The monoisotopic (exact) mass is 241 g/mol. The van der Waals surface area contributed by atoms with Crippen molar-refractivity contribution in [2.24, 2.45) is 0 Å². The Morgan fingerprint density at radius 2 is 1.81 bits per heavy atom. The van der Waals surface area contributed by atoms with Crippen molar-refractivity contribution in [2.45, 2.75) is 26.2 Å². The molecule has 1 nitrogen and oxygen atoms in total. The van der Waals surface area contributed by atoms with Gasteiger partial charge in [-0.1, -0.05) is 44.7 Å². The predicted octanol–water partition coefficient (Wildman–Crippen LogP) is 4.02. The summed E-state index contributed by atoms with van der Waals surface area (Å²) < 4.78 is 0. The smallest absolute Gasteiger partial charge is 0.0233 e. The number of likely N-dealkylation sites (tertiary alicyclic amines) is 1. The van der Waals surface area contributed by atoms with Crippen LogP contribution in [0.5, 0.6) is 0 Å². The summed E-state index contributed by atoms with van der Waals surface area (Å²) in [4.78, 5) is 2.49. The van der Waals surface area contributed by atoms with E-state index in [-0.39, 0.29) is 0 Å². The molecule has 16 heavy (non-hydrogen) atoms. The van der Waals surface area contributed by atoms with Crippen LogP contribution in [-0.2, 0) is 0 Å². The van der Waals surface area contributed by atoms with E-state index in [1.54, 1.807) is 0 Å². The van der Waals surface area contributed by atoms with Crippen LogP contribution in [-0.4, -0.2) is 30.4 Å². The summed E-state index contributed by atoms with van der Waals surface area (Å²) in [7, 11) is 0. The highest BCUT2D eigenvalue weighted by atomic mass is 35.5. The van der Waals surface area contributed by atoms with Crippen LogP contribution in [0.15, 0.2) is 37.0 Å². The molecule has 0 bridgehead atoms. The molecule has 0 saturated carbocycles. The molecule has 0 aromatic heterocycles. The van der Waals surface area contributed by atoms with Gasteiger partial charge in [0, 0.05) is 12.4 Å². The Kier molecular flexibility index (Phi) is 10.6. The summed E-state index contributed by atoms with van der Waals surface area (Å²) in [5, 5.41) is 0. The third-order valence-electron chi connectivity index (χ3n) is 2.45. The SMILES string of the molecule is C=C/C=C(\C=C)CN1CCCCC1.CCCl. The van der Waals surface area contributed by atoms with E-state index in [4.69, 9.17) is 11.6 Å². The molecule has 1 fully saturated rings. The third-order valence-corrected chi connectivity index (χ3v) is 2.45. The van der Waals surface area contributed by atoms with Crippen LogP contribution in [0.25, 0.3) is 0 Å². The second kappa shape index (κ2) is 11.0. The zero-order chi connectivity index (χ0) is 12.2. The molecule has 2 heteroatoms. The number of hydrogen-bond acceptors (Lipinski definition) is 1. The first-order valence-electron chi connectivity index (χ1n) is 6.00. The molecule has 1 rings (SSSR count). The molecule has 1 saturated heterocycles. The van der Waals surface area contributed by atoms with E-state index >= 15 is 0 Å². The maximum absolute atomic E-state index is 5.00.